The molecule has 20 heavy (non-hydrogen) atoms. The summed E-state index contributed by atoms with van der Waals surface area (Å²) in [6, 6.07) is 5.33. The Balaban J connectivity index is 1.78. The van der Waals surface area contributed by atoms with E-state index in [9.17, 15) is 0 Å². The van der Waals surface area contributed by atoms with E-state index < -0.39 is 0 Å². The Morgan fingerprint density at radius 1 is 1.35 bits per heavy atom. The zero-order chi connectivity index (χ0) is 14.4. The van der Waals surface area contributed by atoms with Gasteiger partial charge >= 0.3 is 0 Å². The average Bonchev–Trinajstić information content (AvgIpc) is 3.05. The van der Waals surface area contributed by atoms with Crippen molar-refractivity contribution in [2.24, 2.45) is 0 Å². The van der Waals surface area contributed by atoms with Crippen LogP contribution in [0.2, 0.25) is 0 Å². The average molecular weight is 295 g/mol. The van der Waals surface area contributed by atoms with Crippen LogP contribution in [0.3, 0.4) is 0 Å². The molecule has 0 aliphatic carbocycles. The molecule has 0 saturated carbocycles. The van der Waals surface area contributed by atoms with Crippen LogP contribution in [-0.4, -0.2) is 49.1 Å². The second-order valence-electron chi connectivity index (χ2n) is 5.77. The smallest absolute Gasteiger partial charge is 0.0325 e. The summed E-state index contributed by atoms with van der Waals surface area (Å²) in [7, 11) is 2.26. The summed E-state index contributed by atoms with van der Waals surface area (Å²) in [6.07, 6.45) is 2.74. The van der Waals surface area contributed by atoms with Gasteiger partial charge in [0, 0.05) is 35.4 Å². The van der Waals surface area contributed by atoms with Crippen molar-refractivity contribution in [3.05, 3.63) is 21.9 Å². The summed E-state index contributed by atoms with van der Waals surface area (Å²) < 4.78 is 0. The molecule has 114 valence electrons. The SMILES string of the molecule is CCNCc1ccc(CN(C)CC2CCCN2CC)s1. The number of hydrogen-bond acceptors (Lipinski definition) is 4. The van der Waals surface area contributed by atoms with Gasteiger partial charge in [-0.15, -0.1) is 11.3 Å². The highest BCUT2D eigenvalue weighted by atomic mass is 32.1. The van der Waals surface area contributed by atoms with Gasteiger partial charge < -0.3 is 5.32 Å². The van der Waals surface area contributed by atoms with Gasteiger partial charge in [-0.25, -0.2) is 0 Å². The molecule has 2 heterocycles. The van der Waals surface area contributed by atoms with Crippen LogP contribution in [0.15, 0.2) is 12.1 Å². The first kappa shape index (κ1) is 16.0. The summed E-state index contributed by atoms with van der Waals surface area (Å²) in [5, 5.41) is 3.39. The normalized spacial score (nSPS) is 20.1. The van der Waals surface area contributed by atoms with Gasteiger partial charge in [-0.1, -0.05) is 13.8 Å². The van der Waals surface area contributed by atoms with Crippen molar-refractivity contribution in [1.29, 1.82) is 0 Å². The van der Waals surface area contributed by atoms with Crippen LogP contribution in [0.25, 0.3) is 0 Å². The predicted octanol–water partition coefficient (Wildman–Crippen LogP) is 2.77. The van der Waals surface area contributed by atoms with Crippen LogP contribution < -0.4 is 5.32 Å². The van der Waals surface area contributed by atoms with Crippen molar-refractivity contribution >= 4 is 11.3 Å². The van der Waals surface area contributed by atoms with Gasteiger partial charge in [0.05, 0.1) is 0 Å². The molecule has 1 aromatic rings. The minimum absolute atomic E-state index is 0.770. The van der Waals surface area contributed by atoms with E-state index in [1.807, 2.05) is 11.3 Å². The highest BCUT2D eigenvalue weighted by Crippen LogP contribution is 2.20. The standard InChI is InChI=1S/C16H29N3S/c1-4-17-11-15-8-9-16(20-15)13-18(3)12-14-7-6-10-19(14)5-2/h8-9,14,17H,4-7,10-13H2,1-3H3. The van der Waals surface area contributed by atoms with Crippen LogP contribution in [0.1, 0.15) is 36.4 Å². The lowest BCUT2D eigenvalue weighted by Crippen LogP contribution is -2.38. The van der Waals surface area contributed by atoms with Crippen molar-refractivity contribution < 1.29 is 0 Å². The van der Waals surface area contributed by atoms with E-state index in [-0.39, 0.29) is 0 Å². The fourth-order valence-corrected chi connectivity index (χ4v) is 4.13. The first-order valence-electron chi connectivity index (χ1n) is 7.93. The first-order chi connectivity index (χ1) is 9.72. The third-order valence-electron chi connectivity index (χ3n) is 4.12. The molecule has 0 bridgehead atoms. The van der Waals surface area contributed by atoms with E-state index in [2.05, 4.69) is 48.1 Å². The van der Waals surface area contributed by atoms with Crippen LogP contribution >= 0.6 is 11.3 Å². The molecule has 1 N–H and O–H groups in total. The molecule has 1 aliphatic heterocycles. The number of nitrogens with one attached hydrogen (secondary N) is 1. The predicted molar refractivity (Wildman–Crippen MR) is 88.3 cm³/mol. The second kappa shape index (κ2) is 8.13. The number of hydrogen-bond donors (Lipinski definition) is 1. The Morgan fingerprint density at radius 3 is 2.90 bits per heavy atom. The highest BCUT2D eigenvalue weighted by Gasteiger charge is 2.23. The lowest BCUT2D eigenvalue weighted by Gasteiger charge is -2.27. The van der Waals surface area contributed by atoms with Gasteiger partial charge in [-0.3, -0.25) is 9.80 Å². The maximum absolute atomic E-state index is 3.39. The van der Waals surface area contributed by atoms with Crippen molar-refractivity contribution in [2.45, 2.75) is 45.8 Å². The molecule has 1 aromatic heterocycles. The molecule has 2 rings (SSSR count). The van der Waals surface area contributed by atoms with Gasteiger partial charge in [0.25, 0.3) is 0 Å². The van der Waals surface area contributed by atoms with Gasteiger partial charge in [0.15, 0.2) is 0 Å². The summed E-state index contributed by atoms with van der Waals surface area (Å²) in [4.78, 5) is 8.05. The van der Waals surface area contributed by atoms with E-state index in [0.717, 1.165) is 25.7 Å². The second-order valence-corrected chi connectivity index (χ2v) is 7.02. The van der Waals surface area contributed by atoms with Crippen LogP contribution in [0, 0.1) is 0 Å². The van der Waals surface area contributed by atoms with Crippen LogP contribution in [0.4, 0.5) is 0 Å². The minimum Gasteiger partial charge on any atom is -0.312 e. The third kappa shape index (κ3) is 4.55. The quantitative estimate of drug-likeness (QED) is 0.795. The van der Waals surface area contributed by atoms with Gasteiger partial charge in [-0.05, 0) is 51.7 Å². The number of thiophene rings is 1. The number of likely N-dealkylation sites (N-methyl/N-ethyl adjacent to an activating group) is 2. The van der Waals surface area contributed by atoms with Crippen molar-refractivity contribution in [2.75, 3.05) is 33.2 Å². The van der Waals surface area contributed by atoms with E-state index in [1.54, 1.807) is 0 Å². The molecule has 0 aromatic carbocycles. The highest BCUT2D eigenvalue weighted by molar-refractivity contribution is 7.11. The molecule has 1 fully saturated rings. The molecule has 4 heteroatoms. The Bertz CT molecular complexity index is 391. The first-order valence-corrected chi connectivity index (χ1v) is 8.75. The van der Waals surface area contributed by atoms with Crippen LogP contribution in [-0.2, 0) is 13.1 Å². The summed E-state index contributed by atoms with van der Waals surface area (Å²) >= 11 is 1.95. The van der Waals surface area contributed by atoms with Gasteiger partial charge in [0.2, 0.25) is 0 Å². The van der Waals surface area contributed by atoms with Crippen molar-refractivity contribution in [3.63, 3.8) is 0 Å². The van der Waals surface area contributed by atoms with Crippen molar-refractivity contribution in [3.8, 4) is 0 Å². The maximum atomic E-state index is 3.39. The molecular weight excluding hydrogens is 266 g/mol. The van der Waals surface area contributed by atoms with Crippen LogP contribution in [0.5, 0.6) is 0 Å². The van der Waals surface area contributed by atoms with Crippen molar-refractivity contribution in [1.82, 2.24) is 15.1 Å². The summed E-state index contributed by atoms with van der Waals surface area (Å²) in [5.74, 6) is 0. The molecular formula is C16H29N3S. The summed E-state index contributed by atoms with van der Waals surface area (Å²) in [5.41, 5.74) is 0. The molecule has 0 amide bonds. The Hall–Kier alpha value is -0.420. The maximum Gasteiger partial charge on any atom is 0.0325 e. The molecule has 1 unspecified atom stereocenters. The lowest BCUT2D eigenvalue weighted by atomic mass is 10.2. The number of rotatable bonds is 8. The zero-order valence-electron chi connectivity index (χ0n) is 13.2. The topological polar surface area (TPSA) is 18.5 Å². The molecule has 1 atom stereocenters. The molecule has 3 nitrogen and oxygen atoms in total. The molecule has 1 saturated heterocycles. The fourth-order valence-electron chi connectivity index (χ4n) is 3.06. The zero-order valence-corrected chi connectivity index (χ0v) is 14.0. The van der Waals surface area contributed by atoms with E-state index >= 15 is 0 Å². The Labute approximate surface area is 128 Å². The van der Waals surface area contributed by atoms with Gasteiger partial charge in [-0.2, -0.15) is 0 Å². The largest absolute Gasteiger partial charge is 0.312 e. The number of nitrogens with zero attached hydrogens (tertiary/aromatic N) is 2. The molecule has 0 radical (unpaired) electrons. The fraction of sp³-hybridized carbons (Fsp3) is 0.750. The Kier molecular flexibility index (Phi) is 6.49. The number of likely N-dealkylation sites (tertiary alicyclic amines) is 1. The Morgan fingerprint density at radius 2 is 2.15 bits per heavy atom. The molecule has 1 aliphatic rings. The molecule has 0 spiro atoms. The van der Waals surface area contributed by atoms with E-state index in [1.165, 1.54) is 42.2 Å². The van der Waals surface area contributed by atoms with Gasteiger partial charge in [0.1, 0.15) is 0 Å². The third-order valence-corrected chi connectivity index (χ3v) is 5.19. The van der Waals surface area contributed by atoms with E-state index in [4.69, 9.17) is 0 Å². The monoisotopic (exact) mass is 295 g/mol. The minimum atomic E-state index is 0.770. The van der Waals surface area contributed by atoms with E-state index in [0.29, 0.717) is 0 Å². The lowest BCUT2D eigenvalue weighted by molar-refractivity contribution is 0.195. The summed E-state index contributed by atoms with van der Waals surface area (Å²) in [6.45, 7) is 11.3.